The minimum absolute atomic E-state index is 0.264. The molecule has 0 saturated carbocycles. The maximum absolute atomic E-state index is 11.9. The van der Waals surface area contributed by atoms with Gasteiger partial charge in [0.05, 0.1) is 0 Å². The van der Waals surface area contributed by atoms with Crippen molar-refractivity contribution in [3.63, 3.8) is 0 Å². The van der Waals surface area contributed by atoms with Crippen molar-refractivity contribution in [3.8, 4) is 0 Å². The number of carboxylic acids is 1. The van der Waals surface area contributed by atoms with Crippen LogP contribution in [0.5, 0.6) is 0 Å². The van der Waals surface area contributed by atoms with E-state index in [9.17, 15) is 9.59 Å². The number of aliphatic carboxylic acids is 1. The molecule has 0 spiro atoms. The van der Waals surface area contributed by atoms with Gasteiger partial charge >= 0.3 is 12.0 Å². The molecule has 0 aromatic rings. The highest BCUT2D eigenvalue weighted by atomic mass is 16.5. The van der Waals surface area contributed by atoms with Crippen molar-refractivity contribution in [2.24, 2.45) is 0 Å². The number of piperidine rings is 1. The summed E-state index contributed by atoms with van der Waals surface area (Å²) in [6.45, 7) is 1.94. The van der Waals surface area contributed by atoms with Gasteiger partial charge in [-0.25, -0.2) is 9.59 Å². The second-order valence-corrected chi connectivity index (χ2v) is 4.52. The van der Waals surface area contributed by atoms with Crippen LogP contribution in [0.2, 0.25) is 0 Å². The standard InChI is InChI=1S/C12H22N2O4/c1-18-9-5-6-10(11(15)16)13-12(17)14-7-3-2-4-8-14/h10H,2-9H2,1H3,(H,13,17)(H,15,16). The zero-order valence-corrected chi connectivity index (χ0v) is 10.9. The lowest BCUT2D eigenvalue weighted by atomic mass is 10.1. The van der Waals surface area contributed by atoms with Crippen LogP contribution in [0.4, 0.5) is 4.79 Å². The first kappa shape index (κ1) is 14.8. The molecule has 1 aliphatic heterocycles. The van der Waals surface area contributed by atoms with E-state index in [-0.39, 0.29) is 6.03 Å². The Labute approximate surface area is 107 Å². The summed E-state index contributed by atoms with van der Waals surface area (Å²) in [5.41, 5.74) is 0. The van der Waals surface area contributed by atoms with Gasteiger partial charge in [-0.3, -0.25) is 0 Å². The molecule has 1 unspecified atom stereocenters. The van der Waals surface area contributed by atoms with Crippen molar-refractivity contribution in [1.29, 1.82) is 0 Å². The highest BCUT2D eigenvalue weighted by Crippen LogP contribution is 2.09. The molecular formula is C12H22N2O4. The highest BCUT2D eigenvalue weighted by Gasteiger charge is 2.23. The number of carbonyl (C=O) groups is 2. The number of ether oxygens (including phenoxy) is 1. The topological polar surface area (TPSA) is 78.9 Å². The fourth-order valence-electron chi connectivity index (χ4n) is 2.03. The normalized spacial score (nSPS) is 17.3. The lowest BCUT2D eigenvalue weighted by molar-refractivity contribution is -0.139. The summed E-state index contributed by atoms with van der Waals surface area (Å²) in [5.74, 6) is -0.989. The van der Waals surface area contributed by atoms with Crippen molar-refractivity contribution in [2.45, 2.75) is 38.1 Å². The molecule has 18 heavy (non-hydrogen) atoms. The SMILES string of the molecule is COCCCC(NC(=O)N1CCCCC1)C(=O)O. The van der Waals surface area contributed by atoms with Gasteiger partial charge < -0.3 is 20.1 Å². The molecule has 1 fully saturated rings. The van der Waals surface area contributed by atoms with Gasteiger partial charge in [0.1, 0.15) is 6.04 Å². The van der Waals surface area contributed by atoms with Crippen LogP contribution in [0.1, 0.15) is 32.1 Å². The fourth-order valence-corrected chi connectivity index (χ4v) is 2.03. The van der Waals surface area contributed by atoms with Crippen LogP contribution in [0, 0.1) is 0 Å². The third kappa shape index (κ3) is 4.91. The van der Waals surface area contributed by atoms with Gasteiger partial charge in [0, 0.05) is 26.8 Å². The van der Waals surface area contributed by atoms with Crippen LogP contribution in [-0.4, -0.2) is 54.9 Å². The molecule has 6 heteroatoms. The summed E-state index contributed by atoms with van der Waals surface area (Å²) in [7, 11) is 1.57. The molecule has 1 heterocycles. The second kappa shape index (κ2) is 7.92. The molecular weight excluding hydrogens is 236 g/mol. The summed E-state index contributed by atoms with van der Waals surface area (Å²) >= 11 is 0. The van der Waals surface area contributed by atoms with Gasteiger partial charge in [-0.2, -0.15) is 0 Å². The third-order valence-electron chi connectivity index (χ3n) is 3.08. The molecule has 2 amide bonds. The van der Waals surface area contributed by atoms with E-state index in [4.69, 9.17) is 9.84 Å². The Hall–Kier alpha value is -1.30. The zero-order valence-electron chi connectivity index (χ0n) is 10.9. The second-order valence-electron chi connectivity index (χ2n) is 4.52. The molecule has 1 rings (SSSR count). The highest BCUT2D eigenvalue weighted by molar-refractivity contribution is 5.82. The van der Waals surface area contributed by atoms with Crippen molar-refractivity contribution in [2.75, 3.05) is 26.8 Å². The predicted octanol–water partition coefficient (Wildman–Crippen LogP) is 1.06. The number of carbonyl (C=O) groups excluding carboxylic acids is 1. The Morgan fingerprint density at radius 2 is 2.00 bits per heavy atom. The van der Waals surface area contributed by atoms with Crippen LogP contribution < -0.4 is 5.32 Å². The molecule has 1 saturated heterocycles. The Morgan fingerprint density at radius 1 is 1.33 bits per heavy atom. The van der Waals surface area contributed by atoms with E-state index in [1.807, 2.05) is 0 Å². The number of nitrogens with zero attached hydrogens (tertiary/aromatic N) is 1. The first-order valence-electron chi connectivity index (χ1n) is 6.42. The smallest absolute Gasteiger partial charge is 0.326 e. The number of rotatable bonds is 6. The predicted molar refractivity (Wildman–Crippen MR) is 66.5 cm³/mol. The van der Waals surface area contributed by atoms with Crippen LogP contribution in [0.15, 0.2) is 0 Å². The van der Waals surface area contributed by atoms with Crippen molar-refractivity contribution in [1.82, 2.24) is 10.2 Å². The van der Waals surface area contributed by atoms with E-state index in [2.05, 4.69) is 5.32 Å². The summed E-state index contributed by atoms with van der Waals surface area (Å²) in [5, 5.41) is 11.6. The first-order valence-corrected chi connectivity index (χ1v) is 6.42. The van der Waals surface area contributed by atoms with E-state index in [1.54, 1.807) is 12.0 Å². The average molecular weight is 258 g/mol. The molecule has 2 N–H and O–H groups in total. The van der Waals surface area contributed by atoms with E-state index in [0.717, 1.165) is 32.4 Å². The quantitative estimate of drug-likeness (QED) is 0.698. The van der Waals surface area contributed by atoms with Crippen molar-refractivity contribution < 1.29 is 19.4 Å². The Morgan fingerprint density at radius 3 is 2.56 bits per heavy atom. The molecule has 0 aromatic heterocycles. The minimum Gasteiger partial charge on any atom is -0.480 e. The van der Waals surface area contributed by atoms with Gasteiger partial charge in [0.2, 0.25) is 0 Å². The molecule has 0 radical (unpaired) electrons. The summed E-state index contributed by atoms with van der Waals surface area (Å²) in [4.78, 5) is 24.6. The van der Waals surface area contributed by atoms with Gasteiger partial charge in [-0.1, -0.05) is 0 Å². The van der Waals surface area contributed by atoms with E-state index >= 15 is 0 Å². The van der Waals surface area contributed by atoms with Crippen molar-refractivity contribution in [3.05, 3.63) is 0 Å². The number of carboxylic acid groups (broad SMARTS) is 1. The maximum Gasteiger partial charge on any atom is 0.326 e. The third-order valence-corrected chi connectivity index (χ3v) is 3.08. The van der Waals surface area contributed by atoms with Gasteiger partial charge in [-0.15, -0.1) is 0 Å². The lowest BCUT2D eigenvalue weighted by Crippen LogP contribution is -2.49. The number of nitrogens with one attached hydrogen (secondary N) is 1. The minimum atomic E-state index is -0.989. The van der Waals surface area contributed by atoms with Crippen LogP contribution >= 0.6 is 0 Å². The van der Waals surface area contributed by atoms with Crippen LogP contribution in [0.25, 0.3) is 0 Å². The van der Waals surface area contributed by atoms with Crippen LogP contribution in [-0.2, 0) is 9.53 Å². The number of urea groups is 1. The van der Waals surface area contributed by atoms with E-state index < -0.39 is 12.0 Å². The van der Waals surface area contributed by atoms with Gasteiger partial charge in [0.25, 0.3) is 0 Å². The Bertz CT molecular complexity index is 277. The van der Waals surface area contributed by atoms with Gasteiger partial charge in [-0.05, 0) is 32.1 Å². The first-order chi connectivity index (χ1) is 8.65. The fraction of sp³-hybridized carbons (Fsp3) is 0.833. The lowest BCUT2D eigenvalue weighted by Gasteiger charge is -2.28. The maximum atomic E-state index is 11.9. The molecule has 1 aliphatic rings. The number of hydrogen-bond donors (Lipinski definition) is 2. The molecule has 6 nitrogen and oxygen atoms in total. The Balaban J connectivity index is 2.38. The number of amides is 2. The number of likely N-dealkylation sites (tertiary alicyclic amines) is 1. The Kier molecular flexibility index (Phi) is 6.49. The average Bonchev–Trinajstić information content (AvgIpc) is 2.38. The molecule has 1 atom stereocenters. The summed E-state index contributed by atoms with van der Waals surface area (Å²) in [6.07, 6.45) is 4.14. The molecule has 0 aliphatic carbocycles. The number of methoxy groups -OCH3 is 1. The van der Waals surface area contributed by atoms with E-state index in [0.29, 0.717) is 19.4 Å². The zero-order chi connectivity index (χ0) is 13.4. The number of hydrogen-bond acceptors (Lipinski definition) is 3. The van der Waals surface area contributed by atoms with Crippen molar-refractivity contribution >= 4 is 12.0 Å². The molecule has 104 valence electrons. The van der Waals surface area contributed by atoms with Gasteiger partial charge in [0.15, 0.2) is 0 Å². The molecule has 0 aromatic carbocycles. The van der Waals surface area contributed by atoms with E-state index in [1.165, 1.54) is 0 Å². The molecule has 0 bridgehead atoms. The van der Waals surface area contributed by atoms with Crippen LogP contribution in [0.3, 0.4) is 0 Å². The monoisotopic (exact) mass is 258 g/mol. The largest absolute Gasteiger partial charge is 0.480 e. The summed E-state index contributed by atoms with van der Waals surface area (Å²) < 4.78 is 4.88. The summed E-state index contributed by atoms with van der Waals surface area (Å²) in [6, 6.07) is -1.09.